The lowest BCUT2D eigenvalue weighted by Crippen LogP contribution is -2.54. The van der Waals surface area contributed by atoms with Gasteiger partial charge in [-0.3, -0.25) is 10.1 Å². The van der Waals surface area contributed by atoms with Crippen LogP contribution in [0.1, 0.15) is 60.8 Å². The van der Waals surface area contributed by atoms with Gasteiger partial charge in [-0.15, -0.1) is 0 Å². The highest BCUT2D eigenvalue weighted by molar-refractivity contribution is 5.78. The zero-order chi connectivity index (χ0) is 14.4. The Bertz CT molecular complexity index is 258. The van der Waals surface area contributed by atoms with Crippen LogP contribution in [0.15, 0.2) is 0 Å². The molecule has 0 aliphatic heterocycles. The third-order valence-electron chi connectivity index (χ3n) is 2.86. The van der Waals surface area contributed by atoms with Crippen LogP contribution in [0.25, 0.3) is 0 Å². The zero-order valence-corrected chi connectivity index (χ0v) is 12.7. The maximum Gasteiger partial charge on any atom is 0.323 e. The summed E-state index contributed by atoms with van der Waals surface area (Å²) in [6.45, 7) is 12.5. The predicted octanol–water partition coefficient (Wildman–Crippen LogP) is 2.81. The second-order valence-corrected chi connectivity index (χ2v) is 6.10. The summed E-state index contributed by atoms with van der Waals surface area (Å²) in [5, 5.41) is 12.6. The number of hydrogen-bond donors (Lipinski definition) is 2. The van der Waals surface area contributed by atoms with Crippen molar-refractivity contribution in [3.05, 3.63) is 0 Å². The van der Waals surface area contributed by atoms with Crippen molar-refractivity contribution < 1.29 is 14.6 Å². The highest BCUT2D eigenvalue weighted by Gasteiger charge is 2.36. The number of ether oxygens (including phenoxy) is 1. The summed E-state index contributed by atoms with van der Waals surface area (Å²) < 4.78 is 5.63. The van der Waals surface area contributed by atoms with E-state index in [0.717, 1.165) is 6.42 Å². The average molecular weight is 259 g/mol. The maximum absolute atomic E-state index is 11.5. The monoisotopic (exact) mass is 259 g/mol. The Morgan fingerprint density at radius 1 is 1.33 bits per heavy atom. The van der Waals surface area contributed by atoms with E-state index in [1.54, 1.807) is 0 Å². The van der Waals surface area contributed by atoms with Gasteiger partial charge in [0.2, 0.25) is 0 Å². The van der Waals surface area contributed by atoms with Gasteiger partial charge in [-0.2, -0.15) is 0 Å². The molecule has 0 spiro atoms. The van der Waals surface area contributed by atoms with Crippen LogP contribution < -0.4 is 5.32 Å². The zero-order valence-electron chi connectivity index (χ0n) is 12.7. The molecule has 0 heterocycles. The third-order valence-corrected chi connectivity index (χ3v) is 2.86. The van der Waals surface area contributed by atoms with Crippen molar-refractivity contribution in [3.8, 4) is 0 Å². The van der Waals surface area contributed by atoms with Crippen molar-refractivity contribution in [3.63, 3.8) is 0 Å². The van der Waals surface area contributed by atoms with Crippen molar-refractivity contribution >= 4 is 5.97 Å². The lowest BCUT2D eigenvalue weighted by Gasteiger charge is -2.32. The van der Waals surface area contributed by atoms with Gasteiger partial charge in [0.05, 0.1) is 5.60 Å². The van der Waals surface area contributed by atoms with Gasteiger partial charge in [-0.1, -0.05) is 6.92 Å². The summed E-state index contributed by atoms with van der Waals surface area (Å²) in [4.78, 5) is 11.5. The van der Waals surface area contributed by atoms with Crippen molar-refractivity contribution in [1.82, 2.24) is 5.32 Å². The maximum atomic E-state index is 11.5. The topological polar surface area (TPSA) is 58.6 Å². The van der Waals surface area contributed by atoms with Crippen LogP contribution in [0, 0.1) is 0 Å². The fourth-order valence-electron chi connectivity index (χ4n) is 1.98. The third kappa shape index (κ3) is 6.36. The molecule has 108 valence electrons. The molecule has 1 unspecified atom stereocenters. The molecule has 0 bridgehead atoms. The molecule has 0 fully saturated rings. The minimum Gasteiger partial charge on any atom is -0.480 e. The van der Waals surface area contributed by atoms with Crippen LogP contribution in [0.3, 0.4) is 0 Å². The number of carbonyl (C=O) groups is 1. The van der Waals surface area contributed by atoms with Crippen LogP contribution in [-0.2, 0) is 9.53 Å². The molecule has 0 radical (unpaired) electrons. The summed E-state index contributed by atoms with van der Waals surface area (Å²) in [5.74, 6) is -0.769. The fourth-order valence-corrected chi connectivity index (χ4v) is 1.98. The van der Waals surface area contributed by atoms with E-state index in [1.165, 1.54) is 0 Å². The lowest BCUT2D eigenvalue weighted by molar-refractivity contribution is -0.146. The highest BCUT2D eigenvalue weighted by atomic mass is 16.5. The van der Waals surface area contributed by atoms with Gasteiger partial charge in [-0.25, -0.2) is 0 Å². The van der Waals surface area contributed by atoms with Crippen LogP contribution in [0.2, 0.25) is 0 Å². The van der Waals surface area contributed by atoms with E-state index in [1.807, 2.05) is 41.5 Å². The quantitative estimate of drug-likeness (QED) is 0.658. The number of nitrogens with one attached hydrogen (secondary N) is 1. The highest BCUT2D eigenvalue weighted by Crippen LogP contribution is 2.20. The van der Waals surface area contributed by atoms with Gasteiger partial charge >= 0.3 is 5.97 Å². The van der Waals surface area contributed by atoms with Crippen LogP contribution >= 0.6 is 0 Å². The fraction of sp³-hybridized carbons (Fsp3) is 0.929. The largest absolute Gasteiger partial charge is 0.480 e. The van der Waals surface area contributed by atoms with E-state index in [9.17, 15) is 9.90 Å². The van der Waals surface area contributed by atoms with Crippen molar-refractivity contribution in [2.75, 3.05) is 6.61 Å². The van der Waals surface area contributed by atoms with Gasteiger partial charge in [0.15, 0.2) is 0 Å². The summed E-state index contributed by atoms with van der Waals surface area (Å²) in [6.07, 6.45) is 1.92. The first-order valence-electron chi connectivity index (χ1n) is 6.78. The number of aliphatic carboxylic acids is 1. The van der Waals surface area contributed by atoms with Crippen molar-refractivity contribution in [1.29, 1.82) is 0 Å². The Labute approximate surface area is 111 Å². The standard InChI is InChI=1S/C14H29NO3/c1-7-14(12(16)17,15-11(2)3)9-8-10-18-13(4,5)6/h11,15H,7-10H2,1-6H3,(H,16,17). The Morgan fingerprint density at radius 2 is 1.89 bits per heavy atom. The number of hydrogen-bond acceptors (Lipinski definition) is 3. The molecule has 0 saturated carbocycles. The minimum absolute atomic E-state index is 0.157. The molecular formula is C14H29NO3. The first kappa shape index (κ1) is 17.4. The number of carboxylic acids is 1. The molecule has 18 heavy (non-hydrogen) atoms. The van der Waals surface area contributed by atoms with Crippen molar-refractivity contribution in [2.24, 2.45) is 0 Å². The van der Waals surface area contributed by atoms with Crippen LogP contribution in [-0.4, -0.2) is 34.9 Å². The molecule has 0 aliphatic rings. The molecule has 0 aromatic heterocycles. The van der Waals surface area contributed by atoms with Gasteiger partial charge in [0.1, 0.15) is 5.54 Å². The van der Waals surface area contributed by atoms with Gasteiger partial charge in [-0.05, 0) is 53.9 Å². The van der Waals surface area contributed by atoms with Crippen LogP contribution in [0.4, 0.5) is 0 Å². The first-order valence-corrected chi connectivity index (χ1v) is 6.78. The first-order chi connectivity index (χ1) is 8.13. The normalized spacial score (nSPS) is 15.7. The second-order valence-electron chi connectivity index (χ2n) is 6.10. The Hall–Kier alpha value is -0.610. The van der Waals surface area contributed by atoms with Crippen LogP contribution in [0.5, 0.6) is 0 Å². The lowest BCUT2D eigenvalue weighted by atomic mass is 9.89. The van der Waals surface area contributed by atoms with Crippen molar-refractivity contribution in [2.45, 2.75) is 78.0 Å². The molecule has 4 heteroatoms. The Morgan fingerprint density at radius 3 is 2.22 bits per heavy atom. The molecule has 0 amide bonds. The SMILES string of the molecule is CCC(CCCOC(C)(C)C)(NC(C)C)C(=O)O. The molecule has 4 nitrogen and oxygen atoms in total. The summed E-state index contributed by atoms with van der Waals surface area (Å²) in [7, 11) is 0. The van der Waals surface area contributed by atoms with Gasteiger partial charge in [0.25, 0.3) is 0 Å². The smallest absolute Gasteiger partial charge is 0.323 e. The number of rotatable bonds is 8. The van der Waals surface area contributed by atoms with E-state index in [4.69, 9.17) is 4.74 Å². The molecule has 0 aliphatic carbocycles. The van der Waals surface area contributed by atoms with E-state index < -0.39 is 11.5 Å². The summed E-state index contributed by atoms with van der Waals surface area (Å²) >= 11 is 0. The minimum atomic E-state index is -0.824. The van der Waals surface area contributed by atoms with E-state index in [2.05, 4.69) is 5.32 Å². The summed E-state index contributed by atoms with van der Waals surface area (Å²) in [5.41, 5.74) is -0.987. The molecule has 0 rings (SSSR count). The second kappa shape index (κ2) is 7.10. The summed E-state index contributed by atoms with van der Waals surface area (Å²) in [6, 6.07) is 0.157. The Kier molecular flexibility index (Phi) is 6.86. The predicted molar refractivity (Wildman–Crippen MR) is 73.9 cm³/mol. The van der Waals surface area contributed by atoms with Gasteiger partial charge in [0, 0.05) is 12.6 Å². The molecule has 2 N–H and O–H groups in total. The molecule has 1 atom stereocenters. The molecule has 0 saturated heterocycles. The Balaban J connectivity index is 4.38. The average Bonchev–Trinajstić information content (AvgIpc) is 2.20. The van der Waals surface area contributed by atoms with E-state index in [-0.39, 0.29) is 11.6 Å². The van der Waals surface area contributed by atoms with E-state index >= 15 is 0 Å². The molecule has 0 aromatic carbocycles. The number of carboxylic acid groups (broad SMARTS) is 1. The van der Waals surface area contributed by atoms with E-state index in [0.29, 0.717) is 19.4 Å². The molecule has 0 aromatic rings. The van der Waals surface area contributed by atoms with Gasteiger partial charge < -0.3 is 9.84 Å². The molecular weight excluding hydrogens is 230 g/mol.